The fourth-order valence-electron chi connectivity index (χ4n) is 2.87. The Balaban J connectivity index is 1.50. The molecule has 0 unspecified atom stereocenters. The number of nitrogens with one attached hydrogen (secondary N) is 2. The topological polar surface area (TPSA) is 74.3 Å². The summed E-state index contributed by atoms with van der Waals surface area (Å²) >= 11 is 1.44. The number of hydrazine groups is 1. The van der Waals surface area contributed by atoms with Crippen LogP contribution < -0.4 is 15.8 Å². The Morgan fingerprint density at radius 1 is 1.29 bits per heavy atom. The highest BCUT2D eigenvalue weighted by atomic mass is 32.1. The molecule has 2 heterocycles. The fraction of sp³-hybridized carbons (Fsp3) is 0.353. The van der Waals surface area contributed by atoms with E-state index in [0.717, 1.165) is 22.8 Å². The lowest BCUT2D eigenvalue weighted by molar-refractivity contribution is -0.127. The zero-order valence-corrected chi connectivity index (χ0v) is 14.5. The summed E-state index contributed by atoms with van der Waals surface area (Å²) in [6.07, 6.45) is 1.10. The van der Waals surface area contributed by atoms with Crippen molar-refractivity contribution < 1.29 is 9.59 Å². The lowest BCUT2D eigenvalue weighted by Gasteiger charge is -2.24. The maximum atomic E-state index is 12.1. The lowest BCUT2D eigenvalue weighted by atomic mass is 10.1. The number of hydrogen-bond acceptors (Lipinski definition) is 5. The van der Waals surface area contributed by atoms with Crippen LogP contribution in [0.5, 0.6) is 0 Å². The molecule has 2 aromatic rings. The van der Waals surface area contributed by atoms with Crippen LogP contribution in [-0.4, -0.2) is 29.4 Å². The molecule has 0 radical (unpaired) electrons. The summed E-state index contributed by atoms with van der Waals surface area (Å²) in [6, 6.07) is 8.36. The highest BCUT2D eigenvalue weighted by Gasteiger charge is 2.27. The van der Waals surface area contributed by atoms with Gasteiger partial charge in [0.25, 0.3) is 5.91 Å². The first-order chi connectivity index (χ1) is 11.5. The lowest BCUT2D eigenvalue weighted by Crippen LogP contribution is -2.48. The molecule has 24 heavy (non-hydrogen) atoms. The predicted octanol–water partition coefficient (Wildman–Crippen LogP) is 1.59. The van der Waals surface area contributed by atoms with Crippen LogP contribution in [0.4, 0.5) is 5.69 Å². The van der Waals surface area contributed by atoms with Gasteiger partial charge >= 0.3 is 0 Å². The predicted molar refractivity (Wildman–Crippen MR) is 93.8 cm³/mol. The number of benzene rings is 1. The number of hydrogen-bond donors (Lipinski definition) is 2. The molecule has 7 heteroatoms. The van der Waals surface area contributed by atoms with Gasteiger partial charge in [-0.3, -0.25) is 20.4 Å². The first-order valence-electron chi connectivity index (χ1n) is 7.86. The molecule has 126 valence electrons. The minimum absolute atomic E-state index is 0.168. The molecule has 0 spiro atoms. The zero-order chi connectivity index (χ0) is 17.1. The number of rotatable bonds is 4. The van der Waals surface area contributed by atoms with Gasteiger partial charge in [0.05, 0.1) is 13.0 Å². The highest BCUT2D eigenvalue weighted by molar-refractivity contribution is 7.09. The molecule has 0 bridgehead atoms. The molecule has 0 saturated heterocycles. The van der Waals surface area contributed by atoms with Gasteiger partial charge in [-0.2, -0.15) is 0 Å². The molecular weight excluding hydrogens is 324 g/mol. The van der Waals surface area contributed by atoms with Crippen molar-refractivity contribution >= 4 is 28.8 Å². The van der Waals surface area contributed by atoms with Gasteiger partial charge in [-0.25, -0.2) is 4.98 Å². The van der Waals surface area contributed by atoms with Crippen LogP contribution in [0.1, 0.15) is 23.2 Å². The zero-order valence-electron chi connectivity index (χ0n) is 13.7. The second kappa shape index (κ2) is 7.00. The minimum atomic E-state index is -0.271. The maximum Gasteiger partial charge on any atom is 0.257 e. The van der Waals surface area contributed by atoms with Gasteiger partial charge in [0.1, 0.15) is 5.01 Å². The second-order valence-electron chi connectivity index (χ2n) is 5.97. The number of fused-ring (bicyclic) bond motifs is 1. The van der Waals surface area contributed by atoms with E-state index >= 15 is 0 Å². The normalized spacial score (nSPS) is 15.9. The summed E-state index contributed by atoms with van der Waals surface area (Å²) in [5.41, 5.74) is 8.17. The van der Waals surface area contributed by atoms with Crippen LogP contribution in [0, 0.1) is 6.92 Å². The van der Waals surface area contributed by atoms with E-state index in [9.17, 15) is 9.59 Å². The molecule has 1 aliphatic heterocycles. The number of amides is 2. The van der Waals surface area contributed by atoms with Crippen LogP contribution in [-0.2, 0) is 22.4 Å². The van der Waals surface area contributed by atoms with E-state index in [1.54, 1.807) is 0 Å². The number of carbonyl (C=O) groups excluding carboxylic acids is 2. The fourth-order valence-corrected chi connectivity index (χ4v) is 3.64. The Labute approximate surface area is 144 Å². The van der Waals surface area contributed by atoms with E-state index in [2.05, 4.69) is 33.7 Å². The molecule has 0 aliphatic carbocycles. The smallest absolute Gasteiger partial charge is 0.257 e. The van der Waals surface area contributed by atoms with Crippen molar-refractivity contribution in [3.63, 3.8) is 0 Å². The molecule has 3 rings (SSSR count). The summed E-state index contributed by atoms with van der Waals surface area (Å²) in [6.45, 7) is 4.19. The first kappa shape index (κ1) is 16.4. The van der Waals surface area contributed by atoms with E-state index in [-0.39, 0.29) is 30.8 Å². The molecule has 2 N–H and O–H groups in total. The van der Waals surface area contributed by atoms with Gasteiger partial charge in [0.15, 0.2) is 0 Å². The Hall–Kier alpha value is -2.41. The van der Waals surface area contributed by atoms with Gasteiger partial charge in [0, 0.05) is 22.8 Å². The molecule has 1 aromatic heterocycles. The number of thiazole rings is 1. The molecule has 1 atom stereocenters. The molecule has 1 aromatic carbocycles. The Bertz CT molecular complexity index is 759. The molecule has 0 saturated carbocycles. The van der Waals surface area contributed by atoms with Crippen molar-refractivity contribution in [1.82, 2.24) is 15.8 Å². The molecular formula is C17H20N4O2S. The van der Waals surface area contributed by atoms with Crippen LogP contribution in [0.3, 0.4) is 0 Å². The summed E-state index contributed by atoms with van der Waals surface area (Å²) < 4.78 is 0. The van der Waals surface area contributed by atoms with E-state index in [4.69, 9.17) is 0 Å². The monoisotopic (exact) mass is 344 g/mol. The molecule has 0 fully saturated rings. The maximum absolute atomic E-state index is 12.1. The standard InChI is InChI=1S/C17H20N4O2S/c1-11-10-24-17(18-11)8-15(22)19-20-16(23)9-21-12(2)7-13-5-3-4-6-14(13)21/h3-6,10,12H,7-9H2,1-2H3,(H,19,22)(H,20,23)/t12-/m0/s1. The van der Waals surface area contributed by atoms with Crippen LogP contribution in [0.25, 0.3) is 0 Å². The third kappa shape index (κ3) is 3.73. The Kier molecular flexibility index (Phi) is 4.80. The minimum Gasteiger partial charge on any atom is -0.359 e. The summed E-state index contributed by atoms with van der Waals surface area (Å²) in [5, 5.41) is 2.63. The van der Waals surface area contributed by atoms with E-state index in [1.807, 2.05) is 30.5 Å². The highest BCUT2D eigenvalue weighted by Crippen LogP contribution is 2.31. The van der Waals surface area contributed by atoms with E-state index in [0.29, 0.717) is 0 Å². The van der Waals surface area contributed by atoms with Crippen LogP contribution in [0.2, 0.25) is 0 Å². The molecule has 2 amide bonds. The first-order valence-corrected chi connectivity index (χ1v) is 8.74. The number of aromatic nitrogens is 1. The quantitative estimate of drug-likeness (QED) is 0.826. The van der Waals surface area contributed by atoms with Crippen molar-refractivity contribution in [2.75, 3.05) is 11.4 Å². The van der Waals surface area contributed by atoms with Crippen molar-refractivity contribution in [2.24, 2.45) is 0 Å². The van der Waals surface area contributed by atoms with Gasteiger partial charge in [-0.15, -0.1) is 11.3 Å². The average molecular weight is 344 g/mol. The van der Waals surface area contributed by atoms with Crippen LogP contribution >= 0.6 is 11.3 Å². The average Bonchev–Trinajstić information content (AvgIpc) is 3.09. The number of para-hydroxylation sites is 1. The van der Waals surface area contributed by atoms with Gasteiger partial charge in [-0.05, 0) is 31.9 Å². The number of anilines is 1. The van der Waals surface area contributed by atoms with Crippen molar-refractivity contribution in [3.8, 4) is 0 Å². The number of aryl methyl sites for hydroxylation is 1. The Morgan fingerprint density at radius 2 is 2.04 bits per heavy atom. The molecule has 6 nitrogen and oxygen atoms in total. The third-order valence-corrected chi connectivity index (χ3v) is 4.95. The number of carbonyl (C=O) groups is 2. The van der Waals surface area contributed by atoms with Crippen molar-refractivity contribution in [1.29, 1.82) is 0 Å². The third-order valence-electron chi connectivity index (χ3n) is 3.98. The summed E-state index contributed by atoms with van der Waals surface area (Å²) in [5.74, 6) is -0.505. The van der Waals surface area contributed by atoms with Crippen molar-refractivity contribution in [2.45, 2.75) is 32.7 Å². The Morgan fingerprint density at radius 3 is 2.79 bits per heavy atom. The molecule has 1 aliphatic rings. The number of nitrogens with zero attached hydrogens (tertiary/aromatic N) is 2. The van der Waals surface area contributed by atoms with Gasteiger partial charge in [-0.1, -0.05) is 18.2 Å². The van der Waals surface area contributed by atoms with Crippen molar-refractivity contribution in [3.05, 3.63) is 45.9 Å². The van der Waals surface area contributed by atoms with Gasteiger partial charge < -0.3 is 4.90 Å². The largest absolute Gasteiger partial charge is 0.359 e. The summed E-state index contributed by atoms with van der Waals surface area (Å²) in [4.78, 5) is 30.3. The summed E-state index contributed by atoms with van der Waals surface area (Å²) in [7, 11) is 0. The van der Waals surface area contributed by atoms with E-state index < -0.39 is 0 Å². The van der Waals surface area contributed by atoms with Crippen LogP contribution in [0.15, 0.2) is 29.6 Å². The second-order valence-corrected chi connectivity index (χ2v) is 6.91. The SMILES string of the molecule is Cc1csc(CC(=O)NNC(=O)CN2c3ccccc3C[C@@H]2C)n1. The van der Waals surface area contributed by atoms with Gasteiger partial charge in [0.2, 0.25) is 5.91 Å². The van der Waals surface area contributed by atoms with E-state index in [1.165, 1.54) is 16.9 Å².